The number of aryl methyl sites for hydroxylation is 2. The van der Waals surface area contributed by atoms with Gasteiger partial charge < -0.3 is 10.2 Å². The van der Waals surface area contributed by atoms with E-state index in [1.165, 1.54) is 0 Å². The Morgan fingerprint density at radius 3 is 2.50 bits per heavy atom. The van der Waals surface area contributed by atoms with Crippen LogP contribution >= 0.6 is 11.3 Å². The smallest absolute Gasteiger partial charge is 0.225 e. The van der Waals surface area contributed by atoms with E-state index in [1.54, 1.807) is 24.5 Å². The van der Waals surface area contributed by atoms with Crippen molar-refractivity contribution in [1.82, 2.24) is 20.3 Å². The lowest BCUT2D eigenvalue weighted by molar-refractivity contribution is -0.120. The normalized spacial score (nSPS) is 16.9. The Balaban J connectivity index is 1.69. The number of thiazole rings is 1. The number of hydrogen-bond acceptors (Lipinski definition) is 6. The first-order chi connectivity index (χ1) is 11.5. The molecule has 2 aromatic heterocycles. The summed E-state index contributed by atoms with van der Waals surface area (Å²) < 4.78 is 0. The lowest BCUT2D eigenvalue weighted by atomic mass is 9.89. The fourth-order valence-electron chi connectivity index (χ4n) is 3.27. The van der Waals surface area contributed by atoms with E-state index in [9.17, 15) is 4.79 Å². The molecule has 1 amide bonds. The molecule has 0 unspecified atom stereocenters. The maximum Gasteiger partial charge on any atom is 0.225 e. The highest BCUT2D eigenvalue weighted by molar-refractivity contribution is 7.09. The highest BCUT2D eigenvalue weighted by Gasteiger charge is 2.30. The Bertz CT molecular complexity index is 675. The molecule has 0 radical (unpaired) electrons. The van der Waals surface area contributed by atoms with Crippen LogP contribution in [0.15, 0.2) is 17.6 Å². The lowest BCUT2D eigenvalue weighted by Crippen LogP contribution is -2.41. The number of rotatable bonds is 4. The fourth-order valence-corrected chi connectivity index (χ4v) is 4.05. The zero-order chi connectivity index (χ0) is 17.1. The number of aromatic nitrogens is 3. The predicted molar refractivity (Wildman–Crippen MR) is 95.1 cm³/mol. The summed E-state index contributed by atoms with van der Waals surface area (Å²) in [5.41, 5.74) is 2.00. The van der Waals surface area contributed by atoms with Crippen molar-refractivity contribution < 1.29 is 4.79 Å². The van der Waals surface area contributed by atoms with E-state index < -0.39 is 0 Å². The average molecular weight is 345 g/mol. The number of amides is 1. The van der Waals surface area contributed by atoms with Gasteiger partial charge in [-0.25, -0.2) is 15.0 Å². The zero-order valence-corrected chi connectivity index (χ0v) is 15.1. The summed E-state index contributed by atoms with van der Waals surface area (Å²) in [4.78, 5) is 27.4. The molecule has 0 saturated carbocycles. The first-order valence-corrected chi connectivity index (χ1v) is 9.14. The molecule has 3 rings (SSSR count). The van der Waals surface area contributed by atoms with Crippen LogP contribution in [0.4, 0.5) is 5.95 Å². The molecule has 1 aliphatic heterocycles. The van der Waals surface area contributed by atoms with Crippen LogP contribution < -0.4 is 10.2 Å². The van der Waals surface area contributed by atoms with Crippen LogP contribution in [-0.4, -0.2) is 33.9 Å². The first-order valence-electron chi connectivity index (χ1n) is 8.26. The van der Waals surface area contributed by atoms with Crippen LogP contribution in [-0.2, 0) is 4.79 Å². The van der Waals surface area contributed by atoms with Crippen molar-refractivity contribution in [2.24, 2.45) is 5.92 Å². The minimum absolute atomic E-state index is 0.00438. The second-order valence-electron chi connectivity index (χ2n) is 6.32. The number of carbonyl (C=O) groups excluding carboxylic acids is 1. The van der Waals surface area contributed by atoms with Gasteiger partial charge in [-0.2, -0.15) is 0 Å². The SMILES string of the molecule is CC(=O)N[C@@H](c1nccs1)C1CCN(c2nc(C)cc(C)n2)CC1. The largest absolute Gasteiger partial charge is 0.347 e. The molecule has 1 fully saturated rings. The Kier molecular flexibility index (Phi) is 5.08. The van der Waals surface area contributed by atoms with E-state index >= 15 is 0 Å². The van der Waals surface area contributed by atoms with Gasteiger partial charge in [-0.1, -0.05) is 0 Å². The Labute approximate surface area is 146 Å². The third-order valence-corrected chi connectivity index (χ3v) is 5.20. The van der Waals surface area contributed by atoms with Gasteiger partial charge in [0.1, 0.15) is 5.01 Å². The number of nitrogens with zero attached hydrogens (tertiary/aromatic N) is 4. The second-order valence-corrected chi connectivity index (χ2v) is 7.25. The highest BCUT2D eigenvalue weighted by atomic mass is 32.1. The van der Waals surface area contributed by atoms with Crippen LogP contribution in [0.3, 0.4) is 0 Å². The Morgan fingerprint density at radius 1 is 1.29 bits per heavy atom. The Hall–Kier alpha value is -2.02. The maximum absolute atomic E-state index is 11.6. The molecule has 1 N–H and O–H groups in total. The molecule has 0 spiro atoms. The van der Waals surface area contributed by atoms with Gasteiger partial charge in [0.2, 0.25) is 11.9 Å². The molecule has 0 aliphatic carbocycles. The third kappa shape index (κ3) is 3.90. The number of carbonyl (C=O) groups is 1. The molecule has 7 heteroatoms. The number of hydrogen-bond donors (Lipinski definition) is 1. The topological polar surface area (TPSA) is 71.0 Å². The van der Waals surface area contributed by atoms with Crippen LogP contribution in [0.25, 0.3) is 0 Å². The van der Waals surface area contributed by atoms with Gasteiger partial charge in [0.05, 0.1) is 6.04 Å². The summed E-state index contributed by atoms with van der Waals surface area (Å²) in [6.07, 6.45) is 3.77. The summed E-state index contributed by atoms with van der Waals surface area (Å²) in [5.74, 6) is 1.20. The van der Waals surface area contributed by atoms with Crippen molar-refractivity contribution in [2.75, 3.05) is 18.0 Å². The minimum atomic E-state index is -0.00438. The molecule has 0 aromatic carbocycles. The molecular weight excluding hydrogens is 322 g/mol. The molecule has 3 heterocycles. The van der Waals surface area contributed by atoms with Gasteiger partial charge in [0, 0.05) is 43.0 Å². The minimum Gasteiger partial charge on any atom is -0.347 e. The van der Waals surface area contributed by atoms with E-state index in [0.717, 1.165) is 48.3 Å². The lowest BCUT2D eigenvalue weighted by Gasteiger charge is -2.35. The van der Waals surface area contributed by atoms with Gasteiger partial charge >= 0.3 is 0 Å². The third-order valence-electron chi connectivity index (χ3n) is 4.34. The Morgan fingerprint density at radius 2 is 1.96 bits per heavy atom. The highest BCUT2D eigenvalue weighted by Crippen LogP contribution is 2.32. The average Bonchev–Trinajstić information content (AvgIpc) is 3.06. The van der Waals surface area contributed by atoms with E-state index in [4.69, 9.17) is 0 Å². The van der Waals surface area contributed by atoms with Crippen molar-refractivity contribution in [2.45, 2.75) is 39.7 Å². The van der Waals surface area contributed by atoms with Crippen molar-refractivity contribution in [3.63, 3.8) is 0 Å². The second kappa shape index (κ2) is 7.25. The van der Waals surface area contributed by atoms with Crippen molar-refractivity contribution >= 4 is 23.2 Å². The van der Waals surface area contributed by atoms with Crippen LogP contribution in [0, 0.1) is 19.8 Å². The zero-order valence-electron chi connectivity index (χ0n) is 14.3. The van der Waals surface area contributed by atoms with E-state index in [-0.39, 0.29) is 11.9 Å². The van der Waals surface area contributed by atoms with Crippen molar-refractivity contribution in [3.8, 4) is 0 Å². The van der Waals surface area contributed by atoms with Gasteiger partial charge in [-0.15, -0.1) is 11.3 Å². The monoisotopic (exact) mass is 345 g/mol. The fraction of sp³-hybridized carbons (Fsp3) is 0.529. The first kappa shape index (κ1) is 16.8. The molecule has 1 atom stereocenters. The summed E-state index contributed by atoms with van der Waals surface area (Å²) in [7, 11) is 0. The van der Waals surface area contributed by atoms with Gasteiger partial charge in [-0.05, 0) is 38.7 Å². The summed E-state index contributed by atoms with van der Waals surface area (Å²) in [6.45, 7) is 7.36. The molecular formula is C17H23N5OS. The van der Waals surface area contributed by atoms with Gasteiger partial charge in [-0.3, -0.25) is 4.79 Å². The summed E-state index contributed by atoms with van der Waals surface area (Å²) in [6, 6.07) is 2.00. The number of piperidine rings is 1. The molecule has 0 bridgehead atoms. The molecule has 2 aromatic rings. The summed E-state index contributed by atoms with van der Waals surface area (Å²) in [5, 5.41) is 6.04. The van der Waals surface area contributed by atoms with E-state index in [0.29, 0.717) is 5.92 Å². The molecule has 1 saturated heterocycles. The predicted octanol–water partition coefficient (Wildman–Crippen LogP) is 2.64. The number of anilines is 1. The molecule has 128 valence electrons. The van der Waals surface area contributed by atoms with Crippen LogP contribution in [0.1, 0.15) is 42.2 Å². The maximum atomic E-state index is 11.6. The van der Waals surface area contributed by atoms with E-state index in [2.05, 4.69) is 25.2 Å². The van der Waals surface area contributed by atoms with E-state index in [1.807, 2.05) is 25.3 Å². The van der Waals surface area contributed by atoms with Crippen LogP contribution in [0.5, 0.6) is 0 Å². The molecule has 24 heavy (non-hydrogen) atoms. The van der Waals surface area contributed by atoms with Gasteiger partial charge in [0.25, 0.3) is 0 Å². The standard InChI is InChI=1S/C17H23N5OS/c1-11-10-12(2)20-17(19-11)22-7-4-14(5-8-22)15(21-13(3)23)16-18-6-9-24-16/h6,9-10,14-15H,4-5,7-8H2,1-3H3,(H,21,23)/t15-/m1/s1. The number of nitrogens with one attached hydrogen (secondary N) is 1. The molecule has 6 nitrogen and oxygen atoms in total. The van der Waals surface area contributed by atoms with Gasteiger partial charge in [0.15, 0.2) is 0 Å². The summed E-state index contributed by atoms with van der Waals surface area (Å²) >= 11 is 1.60. The van der Waals surface area contributed by atoms with Crippen molar-refractivity contribution in [1.29, 1.82) is 0 Å². The van der Waals surface area contributed by atoms with Crippen molar-refractivity contribution in [3.05, 3.63) is 34.0 Å². The molecule has 1 aliphatic rings. The van der Waals surface area contributed by atoms with Crippen LogP contribution in [0.2, 0.25) is 0 Å². The quantitative estimate of drug-likeness (QED) is 0.922.